The van der Waals surface area contributed by atoms with Crippen LogP contribution in [0.1, 0.15) is 55.1 Å². The van der Waals surface area contributed by atoms with Crippen molar-refractivity contribution in [3.05, 3.63) is 102 Å². The molecule has 2 aromatic carbocycles. The molecule has 0 amide bonds. The predicted octanol–water partition coefficient (Wildman–Crippen LogP) is 3.98. The molecule has 0 saturated carbocycles. The maximum absolute atomic E-state index is 14.2. The number of carbonyl (C=O) groups is 2. The molecule has 1 aliphatic heterocycles. The van der Waals surface area contributed by atoms with Crippen LogP contribution in [0.2, 0.25) is 0 Å². The molecule has 0 saturated heterocycles. The normalized spacial score (nSPS) is 15.1. The number of hydrogen-bond donors (Lipinski definition) is 0. The van der Waals surface area contributed by atoms with Gasteiger partial charge >= 0.3 is 11.9 Å². The minimum Gasteiger partial charge on any atom is -0.468 e. The summed E-state index contributed by atoms with van der Waals surface area (Å²) in [5, 5.41) is 0.911. The van der Waals surface area contributed by atoms with Gasteiger partial charge in [-0.2, -0.15) is 0 Å². The van der Waals surface area contributed by atoms with Crippen molar-refractivity contribution < 1.29 is 23.8 Å². The van der Waals surface area contributed by atoms with Gasteiger partial charge in [0.2, 0.25) is 0 Å². The smallest absolute Gasteiger partial charge is 0.338 e. The molecule has 5 rings (SSSR count). The van der Waals surface area contributed by atoms with Crippen LogP contribution in [-0.4, -0.2) is 48.5 Å². The predicted molar refractivity (Wildman–Crippen MR) is 166 cm³/mol. The molecular formula is C33H35N3O6S. The quantitative estimate of drug-likeness (QED) is 0.213. The lowest BCUT2D eigenvalue weighted by atomic mass is 9.93. The Kier molecular flexibility index (Phi) is 8.79. The largest absolute Gasteiger partial charge is 0.468 e. The van der Waals surface area contributed by atoms with Crippen molar-refractivity contribution >= 4 is 40.3 Å². The lowest BCUT2D eigenvalue weighted by Gasteiger charge is -2.25. The van der Waals surface area contributed by atoms with Gasteiger partial charge in [-0.15, -0.1) is 0 Å². The van der Waals surface area contributed by atoms with E-state index in [1.54, 1.807) is 11.5 Å². The summed E-state index contributed by atoms with van der Waals surface area (Å²) in [6.45, 7) is 8.32. The van der Waals surface area contributed by atoms with Crippen molar-refractivity contribution in [2.45, 2.75) is 46.2 Å². The molecule has 1 unspecified atom stereocenters. The van der Waals surface area contributed by atoms with Crippen LogP contribution < -0.4 is 14.9 Å². The van der Waals surface area contributed by atoms with Crippen molar-refractivity contribution in [2.24, 2.45) is 4.99 Å². The number of thiazole rings is 1. The monoisotopic (exact) mass is 601 g/mol. The first kappa shape index (κ1) is 30.2. The van der Waals surface area contributed by atoms with Gasteiger partial charge in [-0.1, -0.05) is 67.6 Å². The number of ether oxygens (including phenoxy) is 3. The van der Waals surface area contributed by atoms with E-state index in [0.29, 0.717) is 26.5 Å². The molecule has 0 bridgehead atoms. The number of benzene rings is 2. The first-order chi connectivity index (χ1) is 20.7. The van der Waals surface area contributed by atoms with Gasteiger partial charge in [-0.05, 0) is 43.0 Å². The number of rotatable bonds is 9. The van der Waals surface area contributed by atoms with Crippen LogP contribution in [0.5, 0.6) is 0 Å². The summed E-state index contributed by atoms with van der Waals surface area (Å²) >= 11 is 1.27. The molecular weight excluding hydrogens is 566 g/mol. The second-order valence-electron chi connectivity index (χ2n) is 10.7. The first-order valence-electron chi connectivity index (χ1n) is 14.1. The molecule has 0 aliphatic carbocycles. The van der Waals surface area contributed by atoms with Crippen molar-refractivity contribution in [1.82, 2.24) is 9.13 Å². The summed E-state index contributed by atoms with van der Waals surface area (Å²) < 4.78 is 19.4. The minimum absolute atomic E-state index is 0.0536. The third kappa shape index (κ3) is 5.72. The zero-order chi connectivity index (χ0) is 30.8. The SMILES string of the molecule is COCCOC(=O)C1=C(C)N=c2sc(=Cc3c(C)n(CC(=O)OC)c4ccccc34)c(=O)n2C1c1ccc(C(C)C)cc1. The summed E-state index contributed by atoms with van der Waals surface area (Å²) in [5.41, 5.74) is 5.02. The van der Waals surface area contributed by atoms with E-state index in [9.17, 15) is 14.4 Å². The number of carbonyl (C=O) groups excluding carboxylic acids is 2. The van der Waals surface area contributed by atoms with Crippen LogP contribution >= 0.6 is 11.3 Å². The topological polar surface area (TPSA) is 101 Å². The van der Waals surface area contributed by atoms with E-state index in [-0.39, 0.29) is 31.3 Å². The average Bonchev–Trinajstić information content (AvgIpc) is 3.44. The Balaban J connectivity index is 1.70. The van der Waals surface area contributed by atoms with E-state index in [0.717, 1.165) is 33.3 Å². The number of para-hydroxylation sites is 1. The fraction of sp³-hybridized carbons (Fsp3) is 0.333. The number of fused-ring (bicyclic) bond motifs is 2. The van der Waals surface area contributed by atoms with E-state index < -0.39 is 12.0 Å². The summed E-state index contributed by atoms with van der Waals surface area (Å²) in [7, 11) is 2.90. The highest BCUT2D eigenvalue weighted by atomic mass is 32.1. The van der Waals surface area contributed by atoms with E-state index in [1.807, 2.05) is 66.1 Å². The third-order valence-electron chi connectivity index (χ3n) is 7.75. The van der Waals surface area contributed by atoms with Crippen LogP contribution in [0, 0.1) is 6.92 Å². The molecule has 43 heavy (non-hydrogen) atoms. The van der Waals surface area contributed by atoms with Gasteiger partial charge in [0.1, 0.15) is 13.2 Å². The number of esters is 2. The lowest BCUT2D eigenvalue weighted by Crippen LogP contribution is -2.40. The lowest BCUT2D eigenvalue weighted by molar-refractivity contribution is -0.141. The zero-order valence-corrected chi connectivity index (χ0v) is 26.0. The van der Waals surface area contributed by atoms with E-state index in [2.05, 4.69) is 13.8 Å². The molecule has 1 atom stereocenters. The second kappa shape index (κ2) is 12.5. The first-order valence-corrected chi connectivity index (χ1v) is 14.9. The molecule has 10 heteroatoms. The Labute approximate surface area is 253 Å². The highest BCUT2D eigenvalue weighted by Gasteiger charge is 2.33. The minimum atomic E-state index is -0.712. The number of hydrogen-bond acceptors (Lipinski definition) is 8. The highest BCUT2D eigenvalue weighted by molar-refractivity contribution is 7.07. The third-order valence-corrected chi connectivity index (χ3v) is 8.73. The molecule has 9 nitrogen and oxygen atoms in total. The average molecular weight is 602 g/mol. The molecule has 0 N–H and O–H groups in total. The van der Waals surface area contributed by atoms with Crippen molar-refractivity contribution in [2.75, 3.05) is 27.4 Å². The van der Waals surface area contributed by atoms with Crippen LogP contribution in [0.15, 0.2) is 69.6 Å². The highest BCUT2D eigenvalue weighted by Crippen LogP contribution is 2.32. The molecule has 2 aromatic heterocycles. The van der Waals surface area contributed by atoms with Crippen molar-refractivity contribution in [3.63, 3.8) is 0 Å². The van der Waals surface area contributed by atoms with Gasteiger partial charge < -0.3 is 18.8 Å². The van der Waals surface area contributed by atoms with Crippen LogP contribution in [0.3, 0.4) is 0 Å². The number of aromatic nitrogens is 2. The summed E-state index contributed by atoms with van der Waals surface area (Å²) in [6, 6.07) is 15.0. The number of nitrogens with zero attached hydrogens (tertiary/aromatic N) is 3. The van der Waals surface area contributed by atoms with Crippen molar-refractivity contribution in [1.29, 1.82) is 0 Å². The Morgan fingerprint density at radius 2 is 1.77 bits per heavy atom. The molecule has 0 fully saturated rings. The number of allylic oxidation sites excluding steroid dienone is 1. The molecule has 4 aromatic rings. The van der Waals surface area contributed by atoms with Gasteiger partial charge in [0, 0.05) is 29.3 Å². The van der Waals surface area contributed by atoms with Gasteiger partial charge in [0.05, 0.1) is 35.6 Å². The van der Waals surface area contributed by atoms with E-state index in [4.69, 9.17) is 19.2 Å². The van der Waals surface area contributed by atoms with Crippen LogP contribution in [-0.2, 0) is 30.3 Å². The Bertz CT molecular complexity index is 1910. The standard InChI is InChI=1S/C33H35N3O6S/c1-19(2)22-11-13-23(14-12-22)30-29(32(39)42-16-15-40-5)20(3)34-33-36(30)31(38)27(43-33)17-25-21(4)35(18-28(37)41-6)26-10-8-7-9-24(25)26/h7-14,17,19,30H,15-16,18H2,1-6H3. The Morgan fingerprint density at radius 3 is 2.44 bits per heavy atom. The summed E-state index contributed by atoms with van der Waals surface area (Å²) in [6.07, 6.45) is 1.85. The molecule has 224 valence electrons. The zero-order valence-electron chi connectivity index (χ0n) is 25.2. The van der Waals surface area contributed by atoms with Crippen LogP contribution in [0.25, 0.3) is 17.0 Å². The molecule has 0 spiro atoms. The number of methoxy groups -OCH3 is 2. The molecule has 3 heterocycles. The Hall–Kier alpha value is -4.28. The van der Waals surface area contributed by atoms with Gasteiger partial charge in [0.25, 0.3) is 5.56 Å². The van der Waals surface area contributed by atoms with Gasteiger partial charge in [0.15, 0.2) is 4.80 Å². The van der Waals surface area contributed by atoms with Crippen molar-refractivity contribution in [3.8, 4) is 0 Å². The fourth-order valence-electron chi connectivity index (χ4n) is 5.43. The molecule has 0 radical (unpaired) electrons. The van der Waals surface area contributed by atoms with Crippen LogP contribution in [0.4, 0.5) is 0 Å². The van der Waals surface area contributed by atoms with E-state index in [1.165, 1.54) is 25.6 Å². The Morgan fingerprint density at radius 1 is 1.05 bits per heavy atom. The maximum atomic E-state index is 14.2. The maximum Gasteiger partial charge on any atom is 0.338 e. The summed E-state index contributed by atoms with van der Waals surface area (Å²) in [5.74, 6) is -0.567. The van der Waals surface area contributed by atoms with Gasteiger partial charge in [-0.3, -0.25) is 14.2 Å². The van der Waals surface area contributed by atoms with E-state index >= 15 is 0 Å². The fourth-order valence-corrected chi connectivity index (χ4v) is 6.45. The second-order valence-corrected chi connectivity index (χ2v) is 11.7. The van der Waals surface area contributed by atoms with Gasteiger partial charge in [-0.25, -0.2) is 9.79 Å². The molecule has 1 aliphatic rings. The summed E-state index contributed by atoms with van der Waals surface area (Å²) in [4.78, 5) is 45.0.